The van der Waals surface area contributed by atoms with Crippen molar-refractivity contribution in [2.45, 2.75) is 83.2 Å². The molecule has 2 atom stereocenters. The first kappa shape index (κ1) is 13.0. The molecule has 3 rings (SSSR count). The SMILES string of the molecule is OC1C(C2CCCCC2)CCC1C1CCCCC1. The van der Waals surface area contributed by atoms with Crippen LogP contribution in [0.3, 0.4) is 0 Å². The highest BCUT2D eigenvalue weighted by molar-refractivity contribution is 4.92. The van der Waals surface area contributed by atoms with Gasteiger partial charge in [-0.2, -0.15) is 0 Å². The van der Waals surface area contributed by atoms with Crippen LogP contribution < -0.4 is 0 Å². The third-order valence-electron chi connectivity index (χ3n) is 6.22. The lowest BCUT2D eigenvalue weighted by atomic mass is 9.74. The van der Waals surface area contributed by atoms with E-state index < -0.39 is 0 Å². The van der Waals surface area contributed by atoms with Gasteiger partial charge in [-0.15, -0.1) is 0 Å². The maximum atomic E-state index is 10.8. The van der Waals surface area contributed by atoms with E-state index in [-0.39, 0.29) is 6.10 Å². The van der Waals surface area contributed by atoms with Crippen LogP contribution in [0.4, 0.5) is 0 Å². The molecule has 0 radical (unpaired) electrons. The number of hydrogen-bond acceptors (Lipinski definition) is 1. The second-order valence-corrected chi connectivity index (χ2v) is 7.19. The van der Waals surface area contributed by atoms with E-state index in [9.17, 15) is 5.11 Å². The molecule has 1 nitrogen and oxygen atoms in total. The summed E-state index contributed by atoms with van der Waals surface area (Å²) in [6, 6.07) is 0. The standard InChI is InChI=1S/C17H30O/c18-17-15(13-7-3-1-4-8-13)11-12-16(17)14-9-5-2-6-10-14/h13-18H,1-12H2. The zero-order chi connectivity index (χ0) is 12.4. The molecule has 1 heteroatoms. The summed E-state index contributed by atoms with van der Waals surface area (Å²) in [6.07, 6.45) is 16.9. The van der Waals surface area contributed by atoms with E-state index >= 15 is 0 Å². The predicted molar refractivity (Wildman–Crippen MR) is 75.4 cm³/mol. The van der Waals surface area contributed by atoms with Crippen molar-refractivity contribution in [3.05, 3.63) is 0 Å². The fourth-order valence-electron chi connectivity index (χ4n) is 5.20. The third kappa shape index (κ3) is 2.61. The average molecular weight is 250 g/mol. The largest absolute Gasteiger partial charge is 0.393 e. The van der Waals surface area contributed by atoms with Crippen molar-refractivity contribution in [2.24, 2.45) is 23.7 Å². The van der Waals surface area contributed by atoms with Crippen molar-refractivity contribution in [1.82, 2.24) is 0 Å². The Bertz CT molecular complexity index is 224. The van der Waals surface area contributed by atoms with Crippen LogP contribution in [0.15, 0.2) is 0 Å². The van der Waals surface area contributed by atoms with E-state index in [1.807, 2.05) is 0 Å². The van der Waals surface area contributed by atoms with Crippen LogP contribution >= 0.6 is 0 Å². The van der Waals surface area contributed by atoms with Crippen molar-refractivity contribution in [2.75, 3.05) is 0 Å². The van der Waals surface area contributed by atoms with Crippen molar-refractivity contribution < 1.29 is 5.11 Å². The minimum Gasteiger partial charge on any atom is -0.393 e. The van der Waals surface area contributed by atoms with E-state index in [1.165, 1.54) is 77.0 Å². The maximum absolute atomic E-state index is 10.8. The smallest absolute Gasteiger partial charge is 0.0601 e. The van der Waals surface area contributed by atoms with Crippen LogP contribution in [0, 0.1) is 23.7 Å². The zero-order valence-corrected chi connectivity index (χ0v) is 11.8. The first-order valence-electron chi connectivity index (χ1n) is 8.54. The quantitative estimate of drug-likeness (QED) is 0.763. The Labute approximate surface area is 112 Å². The lowest BCUT2D eigenvalue weighted by Gasteiger charge is -2.34. The predicted octanol–water partition coefficient (Wildman–Crippen LogP) is 4.53. The van der Waals surface area contributed by atoms with Gasteiger partial charge in [0.1, 0.15) is 0 Å². The van der Waals surface area contributed by atoms with Gasteiger partial charge in [0.05, 0.1) is 6.10 Å². The second kappa shape index (κ2) is 5.94. The highest BCUT2D eigenvalue weighted by Crippen LogP contribution is 2.47. The number of aliphatic hydroxyl groups excluding tert-OH is 1. The first-order chi connectivity index (χ1) is 8.86. The monoisotopic (exact) mass is 250 g/mol. The Morgan fingerprint density at radius 1 is 0.500 bits per heavy atom. The molecule has 104 valence electrons. The van der Waals surface area contributed by atoms with Gasteiger partial charge in [0.25, 0.3) is 0 Å². The lowest BCUT2D eigenvalue weighted by molar-refractivity contribution is 0.0264. The van der Waals surface area contributed by atoms with Crippen LogP contribution in [0.25, 0.3) is 0 Å². The summed E-state index contributed by atoms with van der Waals surface area (Å²) in [6.45, 7) is 0. The van der Waals surface area contributed by atoms with Crippen LogP contribution in [-0.2, 0) is 0 Å². The Hall–Kier alpha value is -0.0400. The van der Waals surface area contributed by atoms with E-state index in [4.69, 9.17) is 0 Å². The summed E-state index contributed by atoms with van der Waals surface area (Å²) in [5.41, 5.74) is 0. The maximum Gasteiger partial charge on any atom is 0.0601 e. The molecule has 0 heterocycles. The fourth-order valence-corrected chi connectivity index (χ4v) is 5.20. The van der Waals surface area contributed by atoms with Gasteiger partial charge in [-0.05, 0) is 36.5 Å². The minimum absolute atomic E-state index is 0.0520. The highest BCUT2D eigenvalue weighted by atomic mass is 16.3. The number of aliphatic hydroxyl groups is 1. The Morgan fingerprint density at radius 3 is 1.28 bits per heavy atom. The summed E-state index contributed by atoms with van der Waals surface area (Å²) in [5.74, 6) is 3.05. The summed E-state index contributed by atoms with van der Waals surface area (Å²) in [4.78, 5) is 0. The normalized spacial score (nSPS) is 40.2. The van der Waals surface area contributed by atoms with Gasteiger partial charge in [-0.1, -0.05) is 64.2 Å². The van der Waals surface area contributed by atoms with Crippen LogP contribution in [0.5, 0.6) is 0 Å². The Balaban J connectivity index is 1.58. The Morgan fingerprint density at radius 2 is 0.889 bits per heavy atom. The summed E-state index contributed by atoms with van der Waals surface area (Å²) in [5, 5.41) is 10.8. The molecule has 3 aliphatic rings. The molecule has 1 N–H and O–H groups in total. The molecular formula is C17H30O. The molecule has 3 saturated carbocycles. The van der Waals surface area contributed by atoms with E-state index in [1.54, 1.807) is 0 Å². The molecule has 3 fully saturated rings. The minimum atomic E-state index is 0.0520. The van der Waals surface area contributed by atoms with Crippen molar-refractivity contribution in [3.8, 4) is 0 Å². The number of hydrogen-bond donors (Lipinski definition) is 1. The molecule has 0 aromatic heterocycles. The van der Waals surface area contributed by atoms with Crippen LogP contribution in [0.1, 0.15) is 77.0 Å². The van der Waals surface area contributed by atoms with Crippen molar-refractivity contribution in [1.29, 1.82) is 0 Å². The summed E-state index contributed by atoms with van der Waals surface area (Å²) >= 11 is 0. The molecule has 0 saturated heterocycles. The molecule has 0 aliphatic heterocycles. The van der Waals surface area contributed by atoms with Crippen molar-refractivity contribution >= 4 is 0 Å². The van der Waals surface area contributed by atoms with Gasteiger partial charge < -0.3 is 5.11 Å². The molecule has 0 bridgehead atoms. The van der Waals surface area contributed by atoms with Gasteiger partial charge in [-0.3, -0.25) is 0 Å². The molecular weight excluding hydrogens is 220 g/mol. The van der Waals surface area contributed by atoms with Gasteiger partial charge >= 0.3 is 0 Å². The van der Waals surface area contributed by atoms with Gasteiger partial charge in [0.2, 0.25) is 0 Å². The highest BCUT2D eigenvalue weighted by Gasteiger charge is 2.42. The third-order valence-corrected chi connectivity index (χ3v) is 6.22. The van der Waals surface area contributed by atoms with Crippen molar-refractivity contribution in [3.63, 3.8) is 0 Å². The molecule has 0 amide bonds. The topological polar surface area (TPSA) is 20.2 Å². The van der Waals surface area contributed by atoms with E-state index in [0.29, 0.717) is 11.8 Å². The average Bonchev–Trinajstić information content (AvgIpc) is 2.83. The van der Waals surface area contributed by atoms with Gasteiger partial charge in [0.15, 0.2) is 0 Å². The molecule has 18 heavy (non-hydrogen) atoms. The van der Waals surface area contributed by atoms with E-state index in [0.717, 1.165) is 11.8 Å². The Kier molecular flexibility index (Phi) is 4.28. The number of rotatable bonds is 2. The molecule has 0 aromatic carbocycles. The van der Waals surface area contributed by atoms with Gasteiger partial charge in [-0.25, -0.2) is 0 Å². The van der Waals surface area contributed by atoms with Crippen LogP contribution in [-0.4, -0.2) is 11.2 Å². The molecule has 0 aromatic rings. The molecule has 2 unspecified atom stereocenters. The zero-order valence-electron chi connectivity index (χ0n) is 11.8. The lowest BCUT2D eigenvalue weighted by Crippen LogP contribution is -2.32. The first-order valence-corrected chi connectivity index (χ1v) is 8.54. The van der Waals surface area contributed by atoms with Gasteiger partial charge in [0, 0.05) is 0 Å². The van der Waals surface area contributed by atoms with Crippen LogP contribution in [0.2, 0.25) is 0 Å². The summed E-state index contributed by atoms with van der Waals surface area (Å²) in [7, 11) is 0. The molecule has 3 aliphatic carbocycles. The van der Waals surface area contributed by atoms with E-state index in [2.05, 4.69) is 0 Å². The summed E-state index contributed by atoms with van der Waals surface area (Å²) < 4.78 is 0. The second-order valence-electron chi connectivity index (χ2n) is 7.19. The fraction of sp³-hybridized carbons (Fsp3) is 1.00. The molecule has 0 spiro atoms.